The molecule has 0 atom stereocenters. The van der Waals surface area contributed by atoms with Crippen LogP contribution in [0.4, 0.5) is 17.3 Å². The maximum Gasteiger partial charge on any atom is 1.00 e. The predicted octanol–water partition coefficient (Wildman–Crippen LogP) is -1.71. The molecule has 1 rings (SSSR count). The molecule has 0 radical (unpaired) electrons. The van der Waals surface area contributed by atoms with E-state index in [1.807, 2.05) is 0 Å². The Balaban J connectivity index is 0. The van der Waals surface area contributed by atoms with Gasteiger partial charge in [-0.15, -0.1) is 0 Å². The summed E-state index contributed by atoms with van der Waals surface area (Å²) in [6.45, 7) is 2.06. The maximum absolute atomic E-state index is 9.75. The summed E-state index contributed by atoms with van der Waals surface area (Å²) in [6.07, 6.45) is 0. The average molecular weight is 168 g/mol. The third-order valence-corrected chi connectivity index (χ3v) is 0.539. The second-order valence-corrected chi connectivity index (χ2v) is 1.43. The molecule has 2 nitrogen and oxygen atoms in total. The minimum atomic E-state index is -6.00. The molecule has 0 N–H and O–H groups in total. The summed E-state index contributed by atoms with van der Waals surface area (Å²) in [7, 11) is -6.00. The second kappa shape index (κ2) is 6.98. The van der Waals surface area contributed by atoms with E-state index in [9.17, 15) is 17.3 Å². The Morgan fingerprint density at radius 1 is 0.909 bits per heavy atom. The van der Waals surface area contributed by atoms with Gasteiger partial charge in [-0.25, -0.2) is 0 Å². The zero-order valence-corrected chi connectivity index (χ0v) is 6.03. The van der Waals surface area contributed by atoms with E-state index in [4.69, 9.17) is 9.47 Å². The van der Waals surface area contributed by atoms with Crippen molar-refractivity contribution in [2.24, 2.45) is 0 Å². The van der Waals surface area contributed by atoms with Gasteiger partial charge < -0.3 is 26.7 Å². The van der Waals surface area contributed by atoms with Gasteiger partial charge in [0, 0.05) is 0 Å². The molecular formula is C3H6BF4LiO2. The van der Waals surface area contributed by atoms with E-state index in [1.165, 1.54) is 0 Å². The van der Waals surface area contributed by atoms with Gasteiger partial charge in [0.05, 0.1) is 13.2 Å². The van der Waals surface area contributed by atoms with Crippen LogP contribution in [-0.2, 0) is 9.47 Å². The van der Waals surface area contributed by atoms with E-state index in [0.717, 1.165) is 13.2 Å². The molecule has 62 valence electrons. The second-order valence-electron chi connectivity index (χ2n) is 1.43. The van der Waals surface area contributed by atoms with Crippen LogP contribution in [0.1, 0.15) is 0 Å². The van der Waals surface area contributed by atoms with Gasteiger partial charge in [-0.3, -0.25) is 0 Å². The van der Waals surface area contributed by atoms with Gasteiger partial charge in [-0.2, -0.15) is 0 Å². The summed E-state index contributed by atoms with van der Waals surface area (Å²) in [5, 5.41) is 0. The first-order valence-corrected chi connectivity index (χ1v) is 2.53. The molecule has 0 aliphatic carbocycles. The molecule has 0 saturated carbocycles. The molecular weight excluding hydrogens is 162 g/mol. The van der Waals surface area contributed by atoms with Crippen LogP contribution >= 0.6 is 0 Å². The van der Waals surface area contributed by atoms with E-state index < -0.39 is 7.25 Å². The van der Waals surface area contributed by atoms with Gasteiger partial charge in [-0.05, 0) is 0 Å². The molecule has 0 unspecified atom stereocenters. The van der Waals surface area contributed by atoms with E-state index in [0.29, 0.717) is 6.79 Å². The van der Waals surface area contributed by atoms with Crippen molar-refractivity contribution in [3.8, 4) is 0 Å². The Morgan fingerprint density at radius 2 is 1.18 bits per heavy atom. The van der Waals surface area contributed by atoms with Crippen molar-refractivity contribution in [2.45, 2.75) is 0 Å². The Morgan fingerprint density at radius 3 is 1.27 bits per heavy atom. The van der Waals surface area contributed by atoms with Crippen LogP contribution < -0.4 is 18.9 Å². The molecule has 11 heavy (non-hydrogen) atoms. The molecule has 0 spiro atoms. The Bertz CT molecular complexity index is 72.3. The minimum absolute atomic E-state index is 0. The van der Waals surface area contributed by atoms with E-state index >= 15 is 0 Å². The molecule has 1 fully saturated rings. The topological polar surface area (TPSA) is 18.5 Å². The van der Waals surface area contributed by atoms with E-state index in [2.05, 4.69) is 0 Å². The number of hydrogen-bond acceptors (Lipinski definition) is 2. The fourth-order valence-electron chi connectivity index (χ4n) is 0.295. The first-order chi connectivity index (χ1) is 4.50. The maximum atomic E-state index is 9.75. The van der Waals surface area contributed by atoms with Crippen molar-refractivity contribution >= 4 is 7.25 Å². The zero-order valence-electron chi connectivity index (χ0n) is 6.03. The van der Waals surface area contributed by atoms with Crippen LogP contribution in [0.5, 0.6) is 0 Å². The van der Waals surface area contributed by atoms with Gasteiger partial charge in [0.1, 0.15) is 6.79 Å². The Labute approximate surface area is 73.5 Å². The average Bonchev–Trinajstić information content (AvgIpc) is 2.07. The largest absolute Gasteiger partial charge is 1.00 e. The van der Waals surface area contributed by atoms with Crippen molar-refractivity contribution in [1.29, 1.82) is 0 Å². The SMILES string of the molecule is C1COCO1.F[B-](F)(F)F.[Li+]. The molecule has 8 heteroatoms. The van der Waals surface area contributed by atoms with Crippen LogP contribution in [0.25, 0.3) is 0 Å². The number of rotatable bonds is 0. The smallest absolute Gasteiger partial charge is 0.418 e. The van der Waals surface area contributed by atoms with Crippen molar-refractivity contribution in [3.05, 3.63) is 0 Å². The fraction of sp³-hybridized carbons (Fsp3) is 1.00. The molecule has 1 heterocycles. The van der Waals surface area contributed by atoms with Crippen LogP contribution in [-0.4, -0.2) is 27.3 Å². The third-order valence-electron chi connectivity index (χ3n) is 0.539. The molecule has 0 aromatic carbocycles. The van der Waals surface area contributed by atoms with Gasteiger partial charge >= 0.3 is 26.1 Å². The summed E-state index contributed by atoms with van der Waals surface area (Å²) < 4.78 is 48.4. The molecule has 0 aromatic heterocycles. The molecule has 1 aliphatic heterocycles. The van der Waals surface area contributed by atoms with Gasteiger partial charge in [-0.1, -0.05) is 0 Å². The van der Waals surface area contributed by atoms with Gasteiger partial charge in [0.15, 0.2) is 0 Å². The van der Waals surface area contributed by atoms with Crippen LogP contribution in [0.15, 0.2) is 0 Å². The summed E-state index contributed by atoms with van der Waals surface area (Å²) in [5.74, 6) is 0. The monoisotopic (exact) mass is 168 g/mol. The third kappa shape index (κ3) is 25.3. The normalized spacial score (nSPS) is 16.4. The first-order valence-electron chi connectivity index (χ1n) is 2.53. The summed E-state index contributed by atoms with van der Waals surface area (Å²) in [5.41, 5.74) is 0. The summed E-state index contributed by atoms with van der Waals surface area (Å²) >= 11 is 0. The van der Waals surface area contributed by atoms with Crippen molar-refractivity contribution in [3.63, 3.8) is 0 Å². The van der Waals surface area contributed by atoms with E-state index in [-0.39, 0.29) is 18.9 Å². The standard InChI is InChI=1S/C3H6O2.BF4.Li/c1-2-5-3-4-1;2-1(3,4)5;/h1-3H2;;/q;-1;+1. The predicted molar refractivity (Wildman–Crippen MR) is 27.0 cm³/mol. The first kappa shape index (κ1) is 13.9. The number of hydrogen-bond donors (Lipinski definition) is 0. The number of halogens is 4. The summed E-state index contributed by atoms with van der Waals surface area (Å²) in [6, 6.07) is 0. The van der Waals surface area contributed by atoms with Gasteiger partial charge in [0.2, 0.25) is 0 Å². The van der Waals surface area contributed by atoms with E-state index in [1.54, 1.807) is 0 Å². The molecule has 0 bridgehead atoms. The molecule has 0 aromatic rings. The van der Waals surface area contributed by atoms with Crippen LogP contribution in [0.3, 0.4) is 0 Å². The quantitative estimate of drug-likeness (QED) is 0.316. The van der Waals surface area contributed by atoms with Crippen molar-refractivity contribution < 1.29 is 45.6 Å². The summed E-state index contributed by atoms with van der Waals surface area (Å²) in [4.78, 5) is 0. The Hall–Kier alpha value is 0.302. The Kier molecular flexibility index (Phi) is 8.80. The van der Waals surface area contributed by atoms with Crippen LogP contribution in [0.2, 0.25) is 0 Å². The fourth-order valence-corrected chi connectivity index (χ4v) is 0.295. The zero-order chi connectivity index (χ0) is 8.04. The van der Waals surface area contributed by atoms with Crippen molar-refractivity contribution in [2.75, 3.05) is 20.0 Å². The molecule has 1 aliphatic rings. The van der Waals surface area contributed by atoms with Gasteiger partial charge in [0.25, 0.3) is 0 Å². The van der Waals surface area contributed by atoms with Crippen molar-refractivity contribution in [1.82, 2.24) is 0 Å². The minimum Gasteiger partial charge on any atom is -0.418 e. The number of ether oxygens (including phenoxy) is 2. The molecule has 0 amide bonds. The molecule has 1 saturated heterocycles. The van der Waals surface area contributed by atoms with Crippen LogP contribution in [0, 0.1) is 0 Å².